The minimum absolute atomic E-state index is 0.0327. The molecule has 6 rings (SSSR count). The fourth-order valence-electron chi connectivity index (χ4n) is 6.48. The van der Waals surface area contributed by atoms with Gasteiger partial charge < -0.3 is 13.7 Å². The van der Waals surface area contributed by atoms with Gasteiger partial charge in [-0.3, -0.25) is 4.79 Å². The molecular weight excluding hydrogens is 399 g/mol. The molecule has 0 amide bonds. The fraction of sp³-hybridized carbons (Fsp3) is 0.538. The van der Waals surface area contributed by atoms with Crippen molar-refractivity contribution in [3.8, 4) is 0 Å². The molecule has 2 unspecified atom stereocenters. The molecule has 6 heteroatoms. The SMILES string of the molecule is CC1(C)OB(c2cccc3c2ccn2c4c(c(=O)nc32)C2CCC4(C)C2(C)C)OC1(C)C. The van der Waals surface area contributed by atoms with Gasteiger partial charge in [-0.05, 0) is 68.8 Å². The summed E-state index contributed by atoms with van der Waals surface area (Å²) in [4.78, 5) is 18.0. The van der Waals surface area contributed by atoms with E-state index in [1.54, 1.807) is 0 Å². The first-order valence-electron chi connectivity index (χ1n) is 11.7. The molecule has 2 atom stereocenters. The highest BCUT2D eigenvalue weighted by molar-refractivity contribution is 6.65. The third-order valence-corrected chi connectivity index (χ3v) is 9.54. The predicted molar refractivity (Wildman–Crippen MR) is 128 cm³/mol. The summed E-state index contributed by atoms with van der Waals surface area (Å²) in [6, 6.07) is 8.26. The monoisotopic (exact) mass is 430 g/mol. The number of hydrogen-bond acceptors (Lipinski definition) is 4. The lowest BCUT2D eigenvalue weighted by molar-refractivity contribution is 0.00578. The average molecular weight is 430 g/mol. The molecule has 0 radical (unpaired) electrons. The van der Waals surface area contributed by atoms with Crippen molar-refractivity contribution in [3.63, 3.8) is 0 Å². The summed E-state index contributed by atoms with van der Waals surface area (Å²) in [6.45, 7) is 15.2. The molecule has 3 aromatic rings. The fourth-order valence-corrected chi connectivity index (χ4v) is 6.48. The summed E-state index contributed by atoms with van der Waals surface area (Å²) < 4.78 is 14.9. The third-order valence-electron chi connectivity index (χ3n) is 9.54. The Morgan fingerprint density at radius 2 is 1.69 bits per heavy atom. The van der Waals surface area contributed by atoms with Crippen LogP contribution >= 0.6 is 0 Å². The Bertz CT molecular complexity index is 1360. The van der Waals surface area contributed by atoms with Crippen molar-refractivity contribution in [2.75, 3.05) is 0 Å². The van der Waals surface area contributed by atoms with Crippen LogP contribution in [0.2, 0.25) is 0 Å². The number of fused-ring (bicyclic) bond motifs is 9. The molecule has 0 N–H and O–H groups in total. The van der Waals surface area contributed by atoms with E-state index >= 15 is 0 Å². The van der Waals surface area contributed by atoms with E-state index in [-0.39, 0.29) is 22.3 Å². The zero-order valence-electron chi connectivity index (χ0n) is 20.1. The molecule has 0 spiro atoms. The van der Waals surface area contributed by atoms with Gasteiger partial charge in [-0.25, -0.2) is 0 Å². The van der Waals surface area contributed by atoms with Crippen LogP contribution in [0.15, 0.2) is 35.3 Å². The first-order valence-corrected chi connectivity index (χ1v) is 11.7. The van der Waals surface area contributed by atoms with Crippen LogP contribution in [0, 0.1) is 5.41 Å². The van der Waals surface area contributed by atoms with E-state index in [0.29, 0.717) is 0 Å². The van der Waals surface area contributed by atoms with Crippen molar-refractivity contribution in [1.29, 1.82) is 0 Å². The zero-order chi connectivity index (χ0) is 22.8. The van der Waals surface area contributed by atoms with Crippen LogP contribution in [-0.2, 0) is 14.7 Å². The molecule has 5 nitrogen and oxygen atoms in total. The molecular formula is C26H31BN2O3. The Morgan fingerprint density at radius 3 is 2.38 bits per heavy atom. The Kier molecular flexibility index (Phi) is 3.73. The lowest BCUT2D eigenvalue weighted by Crippen LogP contribution is -2.41. The lowest BCUT2D eigenvalue weighted by Gasteiger charge is -2.35. The number of hydrogen-bond donors (Lipinski definition) is 0. The van der Waals surface area contributed by atoms with Crippen molar-refractivity contribution < 1.29 is 9.31 Å². The molecule has 2 aliphatic carbocycles. The highest BCUT2D eigenvalue weighted by Crippen LogP contribution is 2.66. The Morgan fingerprint density at radius 1 is 1.00 bits per heavy atom. The van der Waals surface area contributed by atoms with Crippen LogP contribution in [0.25, 0.3) is 16.4 Å². The first-order chi connectivity index (χ1) is 14.9. The van der Waals surface area contributed by atoms with Crippen LogP contribution in [0.5, 0.6) is 0 Å². The quantitative estimate of drug-likeness (QED) is 0.426. The van der Waals surface area contributed by atoms with Crippen LogP contribution < -0.4 is 11.0 Å². The molecule has 1 aromatic carbocycles. The molecule has 2 bridgehead atoms. The summed E-state index contributed by atoms with van der Waals surface area (Å²) in [5.74, 6) is 0.284. The number of pyridine rings is 1. The van der Waals surface area contributed by atoms with Gasteiger partial charge in [0.25, 0.3) is 5.56 Å². The van der Waals surface area contributed by atoms with Gasteiger partial charge in [0.1, 0.15) is 5.65 Å². The maximum absolute atomic E-state index is 13.3. The normalized spacial score (nSPS) is 29.2. The third kappa shape index (κ3) is 2.23. The highest BCUT2D eigenvalue weighted by Gasteiger charge is 2.61. The van der Waals surface area contributed by atoms with Gasteiger partial charge in [0.15, 0.2) is 0 Å². The Labute approximate surface area is 189 Å². The van der Waals surface area contributed by atoms with Gasteiger partial charge in [-0.2, -0.15) is 4.98 Å². The number of nitrogens with zero attached hydrogens (tertiary/aromatic N) is 2. The highest BCUT2D eigenvalue weighted by atomic mass is 16.7. The van der Waals surface area contributed by atoms with Crippen LogP contribution in [0.1, 0.15) is 78.5 Å². The number of rotatable bonds is 1. The molecule has 3 heterocycles. The van der Waals surface area contributed by atoms with Crippen molar-refractivity contribution in [3.05, 3.63) is 52.1 Å². The van der Waals surface area contributed by atoms with E-state index in [4.69, 9.17) is 9.31 Å². The van der Waals surface area contributed by atoms with Gasteiger partial charge in [0.05, 0.1) is 11.2 Å². The van der Waals surface area contributed by atoms with Gasteiger partial charge in [-0.1, -0.05) is 39.0 Å². The predicted octanol–water partition coefficient (Wildman–Crippen LogP) is 4.32. The van der Waals surface area contributed by atoms with Gasteiger partial charge in [0.2, 0.25) is 0 Å². The molecule has 3 aliphatic rings. The topological polar surface area (TPSA) is 52.8 Å². The maximum Gasteiger partial charge on any atom is 0.495 e. The van der Waals surface area contributed by atoms with E-state index in [0.717, 1.165) is 46.0 Å². The second-order valence-electron chi connectivity index (χ2n) is 11.7. The summed E-state index contributed by atoms with van der Waals surface area (Å²) in [5.41, 5.74) is 2.94. The molecule has 32 heavy (non-hydrogen) atoms. The first kappa shape index (κ1) is 20.4. The largest absolute Gasteiger partial charge is 0.495 e. The minimum Gasteiger partial charge on any atom is -0.399 e. The average Bonchev–Trinajstić information content (AvgIpc) is 3.15. The van der Waals surface area contributed by atoms with Crippen molar-refractivity contribution in [1.82, 2.24) is 9.38 Å². The van der Waals surface area contributed by atoms with Crippen LogP contribution in [0.4, 0.5) is 0 Å². The molecule has 2 aromatic heterocycles. The standard InChI is InChI=1S/C26H31BN2O3/c1-23(2)17-11-13-26(23,7)20-19(17)22(30)28-21-16-9-8-10-18(15(16)12-14-29(20)21)27-31-24(3,4)25(5,6)32-27/h8-10,12,14,17H,11,13H2,1-7H3. The summed E-state index contributed by atoms with van der Waals surface area (Å²) in [7, 11) is -0.459. The second-order valence-corrected chi connectivity index (χ2v) is 11.7. The Hall–Kier alpha value is -2.18. The second kappa shape index (κ2) is 5.84. The van der Waals surface area contributed by atoms with Gasteiger partial charge in [0, 0.05) is 28.3 Å². The Balaban J connectivity index is 1.61. The van der Waals surface area contributed by atoms with Crippen LogP contribution in [0.3, 0.4) is 0 Å². The van der Waals surface area contributed by atoms with E-state index < -0.39 is 18.3 Å². The van der Waals surface area contributed by atoms with E-state index in [9.17, 15) is 4.79 Å². The van der Waals surface area contributed by atoms with Crippen molar-refractivity contribution in [2.24, 2.45) is 5.41 Å². The zero-order valence-corrected chi connectivity index (χ0v) is 20.1. The van der Waals surface area contributed by atoms with Crippen LogP contribution in [-0.4, -0.2) is 27.7 Å². The number of benzene rings is 1. The van der Waals surface area contributed by atoms with E-state index in [2.05, 4.69) is 82.2 Å². The summed E-state index contributed by atoms with van der Waals surface area (Å²) >= 11 is 0. The lowest BCUT2D eigenvalue weighted by atomic mass is 9.70. The maximum atomic E-state index is 13.3. The molecule has 1 saturated carbocycles. The summed E-state index contributed by atoms with van der Waals surface area (Å²) in [6.07, 6.45) is 4.27. The minimum atomic E-state index is -0.459. The van der Waals surface area contributed by atoms with E-state index in [1.165, 1.54) is 0 Å². The molecule has 166 valence electrons. The van der Waals surface area contributed by atoms with Crippen molar-refractivity contribution >= 4 is 29.0 Å². The van der Waals surface area contributed by atoms with Gasteiger partial charge >= 0.3 is 7.12 Å². The van der Waals surface area contributed by atoms with E-state index in [1.807, 2.05) is 6.07 Å². The number of aromatic nitrogens is 2. The molecule has 1 saturated heterocycles. The molecule has 1 aliphatic heterocycles. The van der Waals surface area contributed by atoms with Crippen molar-refractivity contribution in [2.45, 2.75) is 83.8 Å². The van der Waals surface area contributed by atoms with Gasteiger partial charge in [-0.15, -0.1) is 0 Å². The molecule has 2 fully saturated rings. The smallest absolute Gasteiger partial charge is 0.399 e. The summed E-state index contributed by atoms with van der Waals surface area (Å²) in [5, 5.41) is 1.98.